The number of piperidine rings is 2. The number of nitrogens with zero attached hydrogens (tertiary/aromatic N) is 6. The number of aryl methyl sites for hydroxylation is 1. The zero-order valence-corrected chi connectivity index (χ0v) is 44.8. The van der Waals surface area contributed by atoms with Gasteiger partial charge >= 0.3 is 12.1 Å². The van der Waals surface area contributed by atoms with Crippen molar-refractivity contribution < 1.29 is 46.6 Å². The van der Waals surface area contributed by atoms with Gasteiger partial charge in [0.2, 0.25) is 17.7 Å². The first-order valence-electron chi connectivity index (χ1n) is 26.2. The molecule has 406 valence electrons. The molecule has 10 rings (SSSR count). The van der Waals surface area contributed by atoms with E-state index in [0.29, 0.717) is 72.7 Å². The van der Waals surface area contributed by atoms with Crippen molar-refractivity contribution >= 4 is 78.7 Å². The van der Waals surface area contributed by atoms with E-state index in [4.69, 9.17) is 14.5 Å². The lowest BCUT2D eigenvalue weighted by Crippen LogP contribution is -2.39. The zero-order chi connectivity index (χ0) is 55.0. The summed E-state index contributed by atoms with van der Waals surface area (Å²) in [5.41, 5.74) is 2.37. The highest BCUT2D eigenvalue weighted by Crippen LogP contribution is 2.42. The number of likely N-dealkylation sites (tertiary alicyclic amines) is 1. The Labute approximate surface area is 452 Å². The minimum atomic E-state index is -4.83. The lowest BCUT2D eigenvalue weighted by Gasteiger charge is -2.32. The summed E-state index contributed by atoms with van der Waals surface area (Å²) in [6.45, 7) is 9.20. The number of hydrogen-bond acceptors (Lipinski definition) is 13. The number of carbonyl (C=O) groups excluding carboxylic acids is 5. The first kappa shape index (κ1) is 53.7. The standard InChI is InChI=1S/C58H60F3N9O7S/c1-33(13-14-34-23-26-69(27-24-34)32-50(72)62-36-15-17-41-46(29-36)68(5)67-51(41)42-20-22-49(71)65-54(42)74)76-37-16-18-38(44(30-37)58(59,60)61)39-19-21-48(64-52(39)55(75)77-57(2,3)4)70-28-25-35-9-8-10-40(43(35)31-70)53(73)66-56-63-45-11-6-7-12-47(45)78-56/h6-12,15-19,21,29-30,33-34,42H,13-14,20,22-28,31-32H2,1-5H3,(H,62,72)(H,63,66,73)(H,65,71,74)/t33-,42?/m0/s1. The SMILES string of the molecule is C[C@@H](CCC1CCN(CC(=O)Nc2ccc3c(C4CCC(=O)NC4=O)nn(C)c3c2)CC1)Oc1ccc(-c2ccc(N3CCc4cccc(C(=O)Nc5nc6ccccc6s5)c4C3)nc2C(=O)OC(C)(C)C)c(C(F)(F)F)c1. The Bertz CT molecular complexity index is 3440. The lowest BCUT2D eigenvalue weighted by atomic mass is 9.91. The fourth-order valence-corrected chi connectivity index (χ4v) is 11.5. The van der Waals surface area contributed by atoms with Gasteiger partial charge in [-0.3, -0.25) is 39.4 Å². The van der Waals surface area contributed by atoms with Crippen LogP contribution in [0.5, 0.6) is 5.75 Å². The Kier molecular flexibility index (Phi) is 15.1. The number of rotatable bonds is 14. The molecule has 4 aromatic carbocycles. The Morgan fingerprint density at radius 2 is 1.65 bits per heavy atom. The van der Waals surface area contributed by atoms with Crippen LogP contribution >= 0.6 is 11.3 Å². The lowest BCUT2D eigenvalue weighted by molar-refractivity contribution is -0.137. The van der Waals surface area contributed by atoms with Crippen LogP contribution in [0, 0.1) is 5.92 Å². The van der Waals surface area contributed by atoms with Gasteiger partial charge < -0.3 is 19.7 Å². The summed E-state index contributed by atoms with van der Waals surface area (Å²) in [5, 5.41) is 14.2. The summed E-state index contributed by atoms with van der Waals surface area (Å²) < 4.78 is 59.9. The third-order valence-corrected chi connectivity index (χ3v) is 15.5. The van der Waals surface area contributed by atoms with Crippen LogP contribution in [0.3, 0.4) is 0 Å². The number of pyridine rings is 1. The van der Waals surface area contributed by atoms with Crippen LogP contribution in [0.2, 0.25) is 0 Å². The average Bonchev–Trinajstić information content (AvgIpc) is 4.05. The maximum absolute atomic E-state index is 15.1. The van der Waals surface area contributed by atoms with E-state index < -0.39 is 35.3 Å². The van der Waals surface area contributed by atoms with Crippen molar-refractivity contribution in [2.24, 2.45) is 13.0 Å². The highest BCUT2D eigenvalue weighted by atomic mass is 32.1. The molecule has 3 aliphatic rings. The van der Waals surface area contributed by atoms with Crippen molar-refractivity contribution in [2.45, 2.75) is 103 Å². The van der Waals surface area contributed by atoms with Gasteiger partial charge in [0.15, 0.2) is 10.8 Å². The van der Waals surface area contributed by atoms with Crippen molar-refractivity contribution in [1.29, 1.82) is 0 Å². The maximum atomic E-state index is 15.1. The van der Waals surface area contributed by atoms with Crippen LogP contribution in [0.4, 0.5) is 29.8 Å². The van der Waals surface area contributed by atoms with Gasteiger partial charge in [-0.25, -0.2) is 14.8 Å². The molecule has 16 nitrogen and oxygen atoms in total. The molecule has 20 heteroatoms. The monoisotopic (exact) mass is 1080 g/mol. The number of benzene rings is 4. The number of halogens is 3. The zero-order valence-electron chi connectivity index (χ0n) is 44.0. The van der Waals surface area contributed by atoms with Crippen LogP contribution in [0.1, 0.15) is 115 Å². The number of carbonyl (C=O) groups is 5. The summed E-state index contributed by atoms with van der Waals surface area (Å²) in [6, 6.07) is 25.4. The molecule has 2 saturated heterocycles. The number of anilines is 3. The number of para-hydroxylation sites is 1. The van der Waals surface area contributed by atoms with E-state index in [2.05, 4.69) is 30.9 Å². The summed E-state index contributed by atoms with van der Waals surface area (Å²) >= 11 is 1.37. The van der Waals surface area contributed by atoms with Crippen LogP contribution in [-0.4, -0.2) is 92.1 Å². The van der Waals surface area contributed by atoms with Crippen molar-refractivity contribution in [2.75, 3.05) is 41.7 Å². The van der Waals surface area contributed by atoms with Gasteiger partial charge in [0.05, 0.1) is 45.6 Å². The van der Waals surface area contributed by atoms with Gasteiger partial charge in [0, 0.05) is 48.8 Å². The molecule has 0 spiro atoms. The fraction of sp³-hybridized carbons (Fsp3) is 0.379. The normalized spacial score (nSPS) is 16.9. The second kappa shape index (κ2) is 22.0. The summed E-state index contributed by atoms with van der Waals surface area (Å²) in [4.78, 5) is 78.5. The van der Waals surface area contributed by atoms with Crippen molar-refractivity contribution in [3.8, 4) is 16.9 Å². The first-order valence-corrected chi connectivity index (χ1v) is 27.0. The molecule has 0 saturated carbocycles. The molecule has 0 bridgehead atoms. The summed E-state index contributed by atoms with van der Waals surface area (Å²) in [5.74, 6) is -1.83. The minimum absolute atomic E-state index is 0.0371. The van der Waals surface area contributed by atoms with Crippen molar-refractivity contribution in [1.82, 2.24) is 30.0 Å². The third-order valence-electron chi connectivity index (χ3n) is 14.5. The van der Waals surface area contributed by atoms with E-state index in [0.717, 1.165) is 57.6 Å². The minimum Gasteiger partial charge on any atom is -0.491 e. The quantitative estimate of drug-likeness (QED) is 0.0691. The number of hydrogen-bond donors (Lipinski definition) is 3. The molecule has 6 heterocycles. The number of fused-ring (bicyclic) bond motifs is 3. The maximum Gasteiger partial charge on any atom is 0.417 e. The van der Waals surface area contributed by atoms with Gasteiger partial charge in [-0.05, 0) is 163 Å². The highest BCUT2D eigenvalue weighted by molar-refractivity contribution is 7.22. The van der Waals surface area contributed by atoms with Crippen molar-refractivity contribution in [3.05, 3.63) is 125 Å². The second-order valence-electron chi connectivity index (χ2n) is 21.3. The van der Waals surface area contributed by atoms with Gasteiger partial charge in [-0.15, -0.1) is 0 Å². The predicted octanol–water partition coefficient (Wildman–Crippen LogP) is 10.5. The molecular weight excluding hydrogens is 1020 g/mol. The second-order valence-corrected chi connectivity index (χ2v) is 22.4. The number of esters is 1. The Hall–Kier alpha value is -7.71. The van der Waals surface area contributed by atoms with E-state index >= 15 is 13.2 Å². The summed E-state index contributed by atoms with van der Waals surface area (Å²) in [6.07, 6.45) is -0.985. The molecule has 3 aliphatic heterocycles. The molecule has 1 unspecified atom stereocenters. The molecule has 3 aromatic heterocycles. The molecule has 78 heavy (non-hydrogen) atoms. The Balaban J connectivity index is 0.767. The Morgan fingerprint density at radius 3 is 2.41 bits per heavy atom. The van der Waals surface area contributed by atoms with E-state index in [1.165, 1.54) is 29.5 Å². The van der Waals surface area contributed by atoms with Gasteiger partial charge in [-0.1, -0.05) is 41.7 Å². The largest absolute Gasteiger partial charge is 0.491 e. The molecule has 4 amide bonds. The van der Waals surface area contributed by atoms with Crippen LogP contribution in [0.25, 0.3) is 32.2 Å². The smallest absolute Gasteiger partial charge is 0.417 e. The van der Waals surface area contributed by atoms with E-state index in [1.807, 2.05) is 60.4 Å². The topological polar surface area (TPSA) is 190 Å². The van der Waals surface area contributed by atoms with E-state index in [1.54, 1.807) is 50.7 Å². The van der Waals surface area contributed by atoms with Crippen LogP contribution in [0.15, 0.2) is 91.0 Å². The number of alkyl halides is 3. The highest BCUT2D eigenvalue weighted by Gasteiger charge is 2.37. The first-order chi connectivity index (χ1) is 37.2. The van der Waals surface area contributed by atoms with Crippen LogP contribution < -0.4 is 25.6 Å². The van der Waals surface area contributed by atoms with E-state index in [-0.39, 0.29) is 65.7 Å². The molecule has 0 aliphatic carbocycles. The Morgan fingerprint density at radius 1 is 0.872 bits per heavy atom. The molecule has 2 fully saturated rings. The molecule has 3 N–H and O–H groups in total. The van der Waals surface area contributed by atoms with Gasteiger partial charge in [-0.2, -0.15) is 18.3 Å². The van der Waals surface area contributed by atoms with Gasteiger partial charge in [0.1, 0.15) is 17.2 Å². The number of thiazole rings is 1. The number of nitrogens with one attached hydrogen (secondary N) is 3. The average molecular weight is 1080 g/mol. The molecule has 0 radical (unpaired) electrons. The number of aromatic nitrogens is 4. The predicted molar refractivity (Wildman–Crippen MR) is 292 cm³/mol. The fourth-order valence-electron chi connectivity index (χ4n) is 10.6. The molecular formula is C58H60F3N9O7S. The van der Waals surface area contributed by atoms with Gasteiger partial charge in [0.25, 0.3) is 5.91 Å². The molecule has 7 aromatic rings. The summed E-state index contributed by atoms with van der Waals surface area (Å²) in [7, 11) is 1.77. The number of ether oxygens (including phenoxy) is 2. The third kappa shape index (κ3) is 12.0. The van der Waals surface area contributed by atoms with E-state index in [9.17, 15) is 24.0 Å². The van der Waals surface area contributed by atoms with Crippen LogP contribution in [-0.2, 0) is 45.3 Å². The number of amides is 4. The number of imide groups is 1. The molecule has 2 atom stereocenters. The van der Waals surface area contributed by atoms with Crippen molar-refractivity contribution in [3.63, 3.8) is 0 Å².